The van der Waals surface area contributed by atoms with Crippen molar-refractivity contribution in [2.24, 2.45) is 0 Å². The summed E-state index contributed by atoms with van der Waals surface area (Å²) in [5.41, 5.74) is 1.71. The van der Waals surface area contributed by atoms with Crippen molar-refractivity contribution in [2.75, 3.05) is 7.05 Å². The smallest absolute Gasteiger partial charge is 0.339 e. The van der Waals surface area contributed by atoms with Crippen LogP contribution in [0.25, 0.3) is 6.08 Å². The van der Waals surface area contributed by atoms with E-state index in [9.17, 15) is 13.2 Å². The van der Waals surface area contributed by atoms with Crippen molar-refractivity contribution in [2.45, 2.75) is 11.8 Å². The molecule has 0 spiro atoms. The SMILES string of the molecule is Cc1ccc(S(=O)(=O)Oc2ccc(/C=C3/SC(=S)N(C)C3=O)cc2)cc1. The van der Waals surface area contributed by atoms with Gasteiger partial charge in [0, 0.05) is 7.05 Å². The van der Waals surface area contributed by atoms with E-state index in [0.29, 0.717) is 9.23 Å². The molecule has 0 N–H and O–H groups in total. The van der Waals surface area contributed by atoms with Gasteiger partial charge in [-0.05, 0) is 42.8 Å². The van der Waals surface area contributed by atoms with Crippen molar-refractivity contribution >= 4 is 50.4 Å². The largest absolute Gasteiger partial charge is 0.379 e. The summed E-state index contributed by atoms with van der Waals surface area (Å²) in [6.07, 6.45) is 1.71. The van der Waals surface area contributed by atoms with Gasteiger partial charge in [0.15, 0.2) is 0 Å². The van der Waals surface area contributed by atoms with Crippen molar-refractivity contribution in [3.05, 3.63) is 64.6 Å². The Morgan fingerprint density at radius 2 is 1.69 bits per heavy atom. The van der Waals surface area contributed by atoms with E-state index in [4.69, 9.17) is 16.4 Å². The zero-order chi connectivity index (χ0) is 18.9. The molecule has 1 aliphatic rings. The van der Waals surface area contributed by atoms with Gasteiger partial charge in [0.1, 0.15) is 15.0 Å². The van der Waals surface area contributed by atoms with E-state index >= 15 is 0 Å². The summed E-state index contributed by atoms with van der Waals surface area (Å²) >= 11 is 6.32. The van der Waals surface area contributed by atoms with Crippen LogP contribution in [-0.4, -0.2) is 30.6 Å². The molecule has 1 amide bonds. The van der Waals surface area contributed by atoms with Crippen LogP contribution in [0.3, 0.4) is 0 Å². The highest BCUT2D eigenvalue weighted by Crippen LogP contribution is 2.31. The zero-order valence-corrected chi connectivity index (χ0v) is 16.5. The Morgan fingerprint density at radius 3 is 2.23 bits per heavy atom. The number of thiocarbonyl (C=S) groups is 1. The molecule has 0 aliphatic carbocycles. The maximum Gasteiger partial charge on any atom is 0.339 e. The predicted molar refractivity (Wildman–Crippen MR) is 106 cm³/mol. The first-order chi connectivity index (χ1) is 12.3. The molecule has 2 aromatic rings. The van der Waals surface area contributed by atoms with E-state index in [0.717, 1.165) is 11.1 Å². The minimum absolute atomic E-state index is 0.0961. The summed E-state index contributed by atoms with van der Waals surface area (Å²) in [6, 6.07) is 12.9. The molecule has 0 saturated carbocycles. The van der Waals surface area contributed by atoms with Crippen molar-refractivity contribution in [1.82, 2.24) is 4.90 Å². The Balaban J connectivity index is 1.77. The lowest BCUT2D eigenvalue weighted by molar-refractivity contribution is -0.121. The van der Waals surface area contributed by atoms with Gasteiger partial charge < -0.3 is 4.18 Å². The molecule has 1 saturated heterocycles. The molecule has 5 nitrogen and oxygen atoms in total. The molecule has 8 heteroatoms. The molecule has 0 bridgehead atoms. The summed E-state index contributed by atoms with van der Waals surface area (Å²) in [5.74, 6) is 0.0491. The van der Waals surface area contributed by atoms with Crippen LogP contribution in [0.5, 0.6) is 5.75 Å². The van der Waals surface area contributed by atoms with Crippen molar-refractivity contribution < 1.29 is 17.4 Å². The number of hydrogen-bond donors (Lipinski definition) is 0. The first-order valence-corrected chi connectivity index (χ1v) is 10.2. The first kappa shape index (κ1) is 18.6. The van der Waals surface area contributed by atoms with Crippen LogP contribution >= 0.6 is 24.0 Å². The lowest BCUT2D eigenvalue weighted by Crippen LogP contribution is -2.22. The molecule has 26 heavy (non-hydrogen) atoms. The highest BCUT2D eigenvalue weighted by molar-refractivity contribution is 8.26. The van der Waals surface area contributed by atoms with Crippen LogP contribution in [0.1, 0.15) is 11.1 Å². The second kappa shape index (κ2) is 7.22. The third-order valence-electron chi connectivity index (χ3n) is 3.68. The maximum absolute atomic E-state index is 12.3. The number of rotatable bonds is 4. The Kier molecular flexibility index (Phi) is 5.17. The van der Waals surface area contributed by atoms with E-state index in [2.05, 4.69) is 0 Å². The lowest BCUT2D eigenvalue weighted by atomic mass is 10.2. The normalized spacial score (nSPS) is 16.4. The van der Waals surface area contributed by atoms with Gasteiger partial charge in [0.05, 0.1) is 4.91 Å². The summed E-state index contributed by atoms with van der Waals surface area (Å²) in [6.45, 7) is 1.88. The maximum atomic E-state index is 12.3. The van der Waals surface area contributed by atoms with Gasteiger partial charge in [-0.15, -0.1) is 0 Å². The Bertz CT molecular complexity index is 994. The van der Waals surface area contributed by atoms with E-state index in [-0.39, 0.29) is 16.6 Å². The average molecular weight is 406 g/mol. The second-order valence-electron chi connectivity index (χ2n) is 5.66. The van der Waals surface area contributed by atoms with E-state index in [1.54, 1.807) is 49.5 Å². The lowest BCUT2D eigenvalue weighted by Gasteiger charge is -2.07. The molecule has 2 aromatic carbocycles. The number of amides is 1. The molecule has 1 fully saturated rings. The molecular formula is C18H15NO4S3. The van der Waals surface area contributed by atoms with Crippen molar-refractivity contribution in [3.8, 4) is 5.75 Å². The average Bonchev–Trinajstić information content (AvgIpc) is 2.84. The molecule has 3 rings (SSSR count). The van der Waals surface area contributed by atoms with E-state index < -0.39 is 10.1 Å². The molecule has 134 valence electrons. The van der Waals surface area contributed by atoms with Crippen molar-refractivity contribution in [3.63, 3.8) is 0 Å². The van der Waals surface area contributed by atoms with Gasteiger partial charge in [-0.25, -0.2) is 0 Å². The van der Waals surface area contributed by atoms with Crippen LogP contribution in [0.2, 0.25) is 0 Å². The summed E-state index contributed by atoms with van der Waals surface area (Å²) in [7, 11) is -2.26. The summed E-state index contributed by atoms with van der Waals surface area (Å²) in [4.78, 5) is 14.0. The highest BCUT2D eigenvalue weighted by Gasteiger charge is 2.28. The predicted octanol–water partition coefficient (Wildman–Crippen LogP) is 3.59. The summed E-state index contributed by atoms with van der Waals surface area (Å²) in [5, 5.41) is 0. The van der Waals surface area contributed by atoms with E-state index in [1.807, 2.05) is 6.92 Å². The number of carbonyl (C=O) groups is 1. The third-order valence-corrected chi connectivity index (χ3v) is 6.43. The number of aryl methyl sites for hydroxylation is 1. The number of thioether (sulfide) groups is 1. The third kappa shape index (κ3) is 3.98. The monoisotopic (exact) mass is 405 g/mol. The number of benzene rings is 2. The number of likely N-dealkylation sites (N-methyl/N-ethyl adjacent to an activating group) is 1. The van der Waals surface area contributed by atoms with Gasteiger partial charge in [-0.3, -0.25) is 9.69 Å². The number of hydrogen-bond acceptors (Lipinski definition) is 6. The van der Waals surface area contributed by atoms with E-state index in [1.165, 1.54) is 28.8 Å². The molecule has 0 radical (unpaired) electrons. The molecule has 0 aromatic heterocycles. The zero-order valence-electron chi connectivity index (χ0n) is 14.0. The highest BCUT2D eigenvalue weighted by atomic mass is 32.2. The summed E-state index contributed by atoms with van der Waals surface area (Å²) < 4.78 is 30.2. The quantitative estimate of drug-likeness (QED) is 0.440. The molecule has 1 aliphatic heterocycles. The van der Waals surface area contributed by atoms with Gasteiger partial charge in [-0.2, -0.15) is 8.42 Å². The van der Waals surface area contributed by atoms with Gasteiger partial charge in [0.25, 0.3) is 5.91 Å². The van der Waals surface area contributed by atoms with Gasteiger partial charge in [0.2, 0.25) is 0 Å². The number of nitrogens with zero attached hydrogens (tertiary/aromatic N) is 1. The van der Waals surface area contributed by atoms with Gasteiger partial charge >= 0.3 is 10.1 Å². The fraction of sp³-hybridized carbons (Fsp3) is 0.111. The van der Waals surface area contributed by atoms with Crippen LogP contribution < -0.4 is 4.18 Å². The molecule has 0 unspecified atom stereocenters. The fourth-order valence-electron chi connectivity index (χ4n) is 2.20. The molecular weight excluding hydrogens is 390 g/mol. The first-order valence-electron chi connectivity index (χ1n) is 7.59. The molecule has 1 heterocycles. The Labute approximate surface area is 161 Å². The van der Waals surface area contributed by atoms with Crippen molar-refractivity contribution in [1.29, 1.82) is 0 Å². The fourth-order valence-corrected chi connectivity index (χ4v) is 4.31. The second-order valence-corrected chi connectivity index (χ2v) is 8.88. The topological polar surface area (TPSA) is 63.7 Å². The van der Waals surface area contributed by atoms with Crippen LogP contribution in [0, 0.1) is 6.92 Å². The van der Waals surface area contributed by atoms with Crippen LogP contribution in [0.4, 0.5) is 0 Å². The minimum Gasteiger partial charge on any atom is -0.379 e. The molecule has 0 atom stereocenters. The minimum atomic E-state index is -3.89. The number of carbonyl (C=O) groups excluding carboxylic acids is 1. The Hall–Kier alpha value is -2.16. The Morgan fingerprint density at radius 1 is 1.08 bits per heavy atom. The van der Waals surface area contributed by atoms with Crippen LogP contribution in [-0.2, 0) is 14.9 Å². The standard InChI is InChI=1S/C18H15NO4S3/c1-12-3-9-15(10-4-12)26(21,22)23-14-7-5-13(6-8-14)11-16-17(20)19(2)18(24)25-16/h3-11H,1-2H3/b16-11+. The van der Waals surface area contributed by atoms with Gasteiger partial charge in [-0.1, -0.05) is 53.8 Å². The van der Waals surface area contributed by atoms with Crippen LogP contribution in [0.15, 0.2) is 58.3 Å².